The van der Waals surface area contributed by atoms with Crippen LogP contribution in [0.3, 0.4) is 0 Å². The summed E-state index contributed by atoms with van der Waals surface area (Å²) < 4.78 is 23.6. The summed E-state index contributed by atoms with van der Waals surface area (Å²) in [6, 6.07) is 5.63. The van der Waals surface area contributed by atoms with E-state index in [1.165, 1.54) is 25.2 Å². The van der Waals surface area contributed by atoms with Gasteiger partial charge in [-0.2, -0.15) is 0 Å². The summed E-state index contributed by atoms with van der Waals surface area (Å²) in [6.45, 7) is 0. The lowest BCUT2D eigenvalue weighted by Crippen LogP contribution is -2.17. The fraction of sp³-hybridized carbons (Fsp3) is 0.111. The van der Waals surface area contributed by atoms with Crippen molar-refractivity contribution in [3.8, 4) is 11.4 Å². The van der Waals surface area contributed by atoms with E-state index >= 15 is 0 Å². The number of hydrogen-bond donors (Lipinski definition) is 1. The Kier molecular flexibility index (Phi) is 3.04. The third-order valence-corrected chi connectivity index (χ3v) is 3.27. The monoisotopic (exact) mass is 283 g/mol. The molecule has 0 aliphatic carbocycles. The summed E-state index contributed by atoms with van der Waals surface area (Å²) >= 11 is 0. The number of hydrogen-bond acceptors (Lipinski definition) is 6. The zero-order chi connectivity index (χ0) is 14.2. The Labute approximate surface area is 107 Å². The van der Waals surface area contributed by atoms with Crippen LogP contribution in [0.15, 0.2) is 29.4 Å². The number of benzene rings is 1. The lowest BCUT2D eigenvalue weighted by Gasteiger charge is -2.02. The Morgan fingerprint density at radius 2 is 2.05 bits per heavy atom. The number of nitro groups is 1. The lowest BCUT2D eigenvalue weighted by atomic mass is 10.2. The molecule has 0 fully saturated rings. The zero-order valence-corrected chi connectivity index (χ0v) is 10.5. The molecule has 2 N–H and O–H groups in total. The van der Waals surface area contributed by atoms with Crippen LogP contribution in [-0.2, 0) is 17.1 Å². The minimum absolute atomic E-state index is 0.127. The molecule has 9 nitrogen and oxygen atoms in total. The summed E-state index contributed by atoms with van der Waals surface area (Å²) in [5.41, 5.74) is 0.247. The molecule has 1 aromatic heterocycles. The molecule has 1 heterocycles. The van der Waals surface area contributed by atoms with Crippen molar-refractivity contribution in [1.82, 2.24) is 14.8 Å². The molecule has 0 radical (unpaired) electrons. The van der Waals surface area contributed by atoms with E-state index in [1.54, 1.807) is 6.07 Å². The number of aromatic nitrogens is 3. The molecule has 0 aliphatic heterocycles. The summed E-state index contributed by atoms with van der Waals surface area (Å²) in [7, 11) is -2.58. The van der Waals surface area contributed by atoms with Gasteiger partial charge in [-0.3, -0.25) is 14.7 Å². The minimum atomic E-state index is -3.99. The molecule has 0 saturated heterocycles. The van der Waals surface area contributed by atoms with Crippen LogP contribution in [0.1, 0.15) is 0 Å². The Morgan fingerprint density at radius 1 is 1.37 bits per heavy atom. The predicted molar refractivity (Wildman–Crippen MR) is 64.5 cm³/mol. The van der Waals surface area contributed by atoms with Gasteiger partial charge in [-0.15, -0.1) is 10.2 Å². The van der Waals surface area contributed by atoms with Gasteiger partial charge in [0, 0.05) is 24.7 Å². The van der Waals surface area contributed by atoms with Crippen molar-refractivity contribution in [2.75, 3.05) is 0 Å². The van der Waals surface area contributed by atoms with Gasteiger partial charge in [0.05, 0.1) is 4.92 Å². The molecular weight excluding hydrogens is 274 g/mol. The molecule has 2 aromatic rings. The summed E-state index contributed by atoms with van der Waals surface area (Å²) in [6.07, 6.45) is 0. The topological polar surface area (TPSA) is 134 Å². The van der Waals surface area contributed by atoms with Crippen molar-refractivity contribution < 1.29 is 13.3 Å². The molecule has 2 rings (SSSR count). The van der Waals surface area contributed by atoms with E-state index in [2.05, 4.69) is 10.2 Å². The number of nitrogens with zero attached hydrogens (tertiary/aromatic N) is 4. The van der Waals surface area contributed by atoms with E-state index < -0.39 is 20.1 Å². The number of nitrogens with two attached hydrogens (primary N) is 1. The second-order valence-corrected chi connectivity index (χ2v) is 5.17. The van der Waals surface area contributed by atoms with Gasteiger partial charge in [0.15, 0.2) is 5.82 Å². The second kappa shape index (κ2) is 4.40. The SMILES string of the molecule is Cn1c(-c2cccc([N+](=O)[O-])c2)nnc1S(N)(=O)=O. The first-order chi connectivity index (χ1) is 8.80. The van der Waals surface area contributed by atoms with E-state index in [4.69, 9.17) is 5.14 Å². The third-order valence-electron chi connectivity index (χ3n) is 2.40. The van der Waals surface area contributed by atoms with Crippen molar-refractivity contribution >= 4 is 15.7 Å². The third kappa shape index (κ3) is 2.44. The highest BCUT2D eigenvalue weighted by Gasteiger charge is 2.20. The molecule has 100 valence electrons. The molecule has 1 aromatic carbocycles. The maximum Gasteiger partial charge on any atom is 0.273 e. The standard InChI is InChI=1S/C9H9N5O4S/c1-13-8(11-12-9(13)19(10,17)18)6-3-2-4-7(5-6)14(15)16/h2-5H,1H3,(H2,10,17,18). The van der Waals surface area contributed by atoms with Gasteiger partial charge in [0.25, 0.3) is 20.9 Å². The number of rotatable bonds is 3. The Bertz CT molecular complexity index is 752. The van der Waals surface area contributed by atoms with Gasteiger partial charge in [0.1, 0.15) is 0 Å². The van der Waals surface area contributed by atoms with E-state index in [0.717, 1.165) is 4.57 Å². The van der Waals surface area contributed by atoms with E-state index in [0.29, 0.717) is 5.56 Å². The smallest absolute Gasteiger partial charge is 0.273 e. The molecule has 0 atom stereocenters. The van der Waals surface area contributed by atoms with Crippen LogP contribution in [0, 0.1) is 10.1 Å². The predicted octanol–water partition coefficient (Wildman–Crippen LogP) is 0.0377. The molecule has 0 spiro atoms. The van der Waals surface area contributed by atoms with E-state index in [9.17, 15) is 18.5 Å². The molecule has 19 heavy (non-hydrogen) atoms. The molecular formula is C9H9N5O4S. The van der Waals surface area contributed by atoms with Crippen LogP contribution in [-0.4, -0.2) is 28.1 Å². The maximum absolute atomic E-state index is 11.2. The Morgan fingerprint density at radius 3 is 2.58 bits per heavy atom. The van der Waals surface area contributed by atoms with Gasteiger partial charge in [-0.1, -0.05) is 12.1 Å². The van der Waals surface area contributed by atoms with E-state index in [1.807, 2.05) is 0 Å². The van der Waals surface area contributed by atoms with Crippen molar-refractivity contribution in [3.63, 3.8) is 0 Å². The highest BCUT2D eigenvalue weighted by Crippen LogP contribution is 2.22. The van der Waals surface area contributed by atoms with Crippen molar-refractivity contribution in [1.29, 1.82) is 0 Å². The van der Waals surface area contributed by atoms with Crippen LogP contribution in [0.25, 0.3) is 11.4 Å². The highest BCUT2D eigenvalue weighted by molar-refractivity contribution is 7.89. The first kappa shape index (κ1) is 13.1. The van der Waals surface area contributed by atoms with Gasteiger partial charge < -0.3 is 0 Å². The van der Waals surface area contributed by atoms with Crippen LogP contribution in [0.2, 0.25) is 0 Å². The minimum Gasteiger partial charge on any atom is -0.300 e. The zero-order valence-electron chi connectivity index (χ0n) is 9.72. The fourth-order valence-corrected chi connectivity index (χ4v) is 2.20. The Balaban J connectivity index is 2.58. The second-order valence-electron chi connectivity index (χ2n) is 3.72. The molecule has 10 heteroatoms. The van der Waals surface area contributed by atoms with Gasteiger partial charge in [-0.25, -0.2) is 13.6 Å². The number of primary sulfonamides is 1. The maximum atomic E-state index is 11.2. The van der Waals surface area contributed by atoms with Gasteiger partial charge in [-0.05, 0) is 0 Å². The van der Waals surface area contributed by atoms with E-state index in [-0.39, 0.29) is 11.5 Å². The first-order valence-electron chi connectivity index (χ1n) is 4.97. The average Bonchev–Trinajstić information content (AvgIpc) is 2.71. The Hall–Kier alpha value is -2.33. The quantitative estimate of drug-likeness (QED) is 0.624. The number of nitro benzene ring substituents is 1. The van der Waals surface area contributed by atoms with Crippen molar-refractivity contribution in [2.24, 2.45) is 12.2 Å². The number of non-ortho nitro benzene ring substituents is 1. The van der Waals surface area contributed by atoms with Gasteiger partial charge >= 0.3 is 0 Å². The molecule has 0 saturated carbocycles. The fourth-order valence-electron chi connectivity index (χ4n) is 1.57. The molecule has 0 unspecified atom stereocenters. The normalized spacial score (nSPS) is 11.5. The first-order valence-corrected chi connectivity index (χ1v) is 6.52. The number of sulfonamides is 1. The summed E-state index contributed by atoms with van der Waals surface area (Å²) in [5, 5.41) is 22.4. The van der Waals surface area contributed by atoms with Crippen LogP contribution < -0.4 is 5.14 Å². The van der Waals surface area contributed by atoms with Crippen molar-refractivity contribution in [3.05, 3.63) is 34.4 Å². The molecule has 0 amide bonds. The lowest BCUT2D eigenvalue weighted by molar-refractivity contribution is -0.384. The van der Waals surface area contributed by atoms with Gasteiger partial charge in [0.2, 0.25) is 0 Å². The summed E-state index contributed by atoms with van der Waals surface area (Å²) in [4.78, 5) is 10.1. The summed E-state index contributed by atoms with van der Waals surface area (Å²) in [5.74, 6) is 0.174. The highest BCUT2D eigenvalue weighted by atomic mass is 32.2. The van der Waals surface area contributed by atoms with Crippen LogP contribution >= 0.6 is 0 Å². The van der Waals surface area contributed by atoms with Crippen LogP contribution in [0.4, 0.5) is 5.69 Å². The average molecular weight is 283 g/mol. The van der Waals surface area contributed by atoms with Crippen molar-refractivity contribution in [2.45, 2.75) is 5.16 Å². The largest absolute Gasteiger partial charge is 0.300 e. The molecule has 0 aliphatic rings. The van der Waals surface area contributed by atoms with Crippen LogP contribution in [0.5, 0.6) is 0 Å². The molecule has 0 bridgehead atoms.